The van der Waals surface area contributed by atoms with Gasteiger partial charge in [0.15, 0.2) is 23.3 Å². The van der Waals surface area contributed by atoms with Gasteiger partial charge in [-0.1, -0.05) is 23.4 Å². The molecule has 0 spiro atoms. The highest BCUT2D eigenvalue weighted by Crippen LogP contribution is 2.36. The highest BCUT2D eigenvalue weighted by atomic mass is 19.2. The molecule has 0 amide bonds. The average Bonchev–Trinajstić information content (AvgIpc) is 3.04. The zero-order valence-corrected chi connectivity index (χ0v) is 14.4. The Morgan fingerprint density at radius 1 is 1.00 bits per heavy atom. The number of oxime groups is 1. The molecule has 0 aromatic heterocycles. The number of rotatable bonds is 6. The summed E-state index contributed by atoms with van der Waals surface area (Å²) in [5.74, 6) is -4.82. The minimum absolute atomic E-state index is 0.103. The van der Waals surface area contributed by atoms with E-state index in [1.165, 1.54) is 35.2 Å². The van der Waals surface area contributed by atoms with Crippen LogP contribution in [0.15, 0.2) is 47.6 Å². The van der Waals surface area contributed by atoms with E-state index >= 15 is 0 Å². The first kappa shape index (κ1) is 19.8. The second-order valence-corrected chi connectivity index (χ2v) is 6.00. The van der Waals surface area contributed by atoms with E-state index in [-0.39, 0.29) is 24.6 Å². The minimum Gasteiger partial charge on any atom is -0.395 e. The van der Waals surface area contributed by atoms with Crippen molar-refractivity contribution in [2.75, 3.05) is 19.8 Å². The highest BCUT2D eigenvalue weighted by Gasteiger charge is 2.47. The predicted octanol–water partition coefficient (Wildman–Crippen LogP) is 2.74. The van der Waals surface area contributed by atoms with Gasteiger partial charge in [-0.15, -0.1) is 0 Å². The lowest BCUT2D eigenvalue weighted by Gasteiger charge is -2.35. The zero-order chi connectivity index (χ0) is 20.3. The molecule has 5 nitrogen and oxygen atoms in total. The molecule has 0 saturated heterocycles. The van der Waals surface area contributed by atoms with Crippen LogP contribution in [0, 0.1) is 23.3 Å². The van der Waals surface area contributed by atoms with Crippen LogP contribution in [-0.2, 0) is 10.6 Å². The van der Waals surface area contributed by atoms with Crippen molar-refractivity contribution in [2.24, 2.45) is 5.16 Å². The van der Waals surface area contributed by atoms with E-state index in [1.54, 1.807) is 6.08 Å². The molecule has 0 aliphatic carbocycles. The first-order valence-corrected chi connectivity index (χ1v) is 8.25. The second kappa shape index (κ2) is 7.99. The van der Waals surface area contributed by atoms with Gasteiger partial charge in [-0.3, -0.25) is 0 Å². The maximum atomic E-state index is 13.7. The van der Waals surface area contributed by atoms with Crippen LogP contribution >= 0.6 is 0 Å². The Labute approximate surface area is 157 Å². The van der Waals surface area contributed by atoms with Crippen molar-refractivity contribution in [1.29, 1.82) is 0 Å². The normalized spacial score (nSPS) is 19.2. The Morgan fingerprint density at radius 3 is 2.21 bits per heavy atom. The van der Waals surface area contributed by atoms with Crippen LogP contribution < -0.4 is 0 Å². The van der Waals surface area contributed by atoms with E-state index in [4.69, 9.17) is 4.84 Å². The minimum atomic E-state index is -1.85. The van der Waals surface area contributed by atoms with Gasteiger partial charge < -0.3 is 20.0 Å². The summed E-state index contributed by atoms with van der Waals surface area (Å²) >= 11 is 0. The van der Waals surface area contributed by atoms with Crippen molar-refractivity contribution in [3.05, 3.63) is 76.9 Å². The van der Waals surface area contributed by atoms with Crippen molar-refractivity contribution < 1.29 is 32.6 Å². The lowest BCUT2D eigenvalue weighted by Crippen LogP contribution is -2.49. The van der Waals surface area contributed by atoms with Crippen molar-refractivity contribution >= 4 is 11.9 Å². The molecule has 1 atom stereocenters. The Hall–Kier alpha value is -2.91. The Bertz CT molecular complexity index is 895. The SMILES string of the molecule is OCCN1C(/C=C/c2ccc(F)cc2)=NOC1(CO)c1cc(F)c(F)c(F)c1. The number of benzene rings is 2. The van der Waals surface area contributed by atoms with E-state index in [1.807, 2.05) is 0 Å². The number of hydrogen-bond acceptors (Lipinski definition) is 5. The highest BCUT2D eigenvalue weighted by molar-refractivity contribution is 5.97. The van der Waals surface area contributed by atoms with Gasteiger partial charge in [0.05, 0.1) is 6.61 Å². The predicted molar refractivity (Wildman–Crippen MR) is 92.8 cm³/mol. The maximum Gasteiger partial charge on any atom is 0.260 e. The fourth-order valence-corrected chi connectivity index (χ4v) is 2.86. The van der Waals surface area contributed by atoms with Gasteiger partial charge in [0, 0.05) is 12.1 Å². The number of aliphatic hydroxyl groups is 2. The molecule has 2 aromatic carbocycles. The van der Waals surface area contributed by atoms with Crippen LogP contribution in [0.2, 0.25) is 0 Å². The molecule has 0 radical (unpaired) electrons. The van der Waals surface area contributed by atoms with Crippen LogP contribution in [0.5, 0.6) is 0 Å². The van der Waals surface area contributed by atoms with E-state index in [9.17, 15) is 27.8 Å². The summed E-state index contributed by atoms with van der Waals surface area (Å²) in [6.45, 7) is -1.27. The van der Waals surface area contributed by atoms with Crippen LogP contribution in [0.3, 0.4) is 0 Å². The van der Waals surface area contributed by atoms with Crippen LogP contribution in [0.4, 0.5) is 17.6 Å². The van der Waals surface area contributed by atoms with Gasteiger partial charge in [-0.05, 0) is 35.9 Å². The second-order valence-electron chi connectivity index (χ2n) is 6.00. The van der Waals surface area contributed by atoms with Crippen molar-refractivity contribution in [2.45, 2.75) is 5.72 Å². The van der Waals surface area contributed by atoms with Gasteiger partial charge in [-0.25, -0.2) is 17.6 Å². The molecule has 1 aliphatic rings. The molecule has 9 heteroatoms. The number of aliphatic hydroxyl groups excluding tert-OH is 2. The molecule has 1 aliphatic heterocycles. The summed E-state index contributed by atoms with van der Waals surface area (Å²) in [7, 11) is 0. The van der Waals surface area contributed by atoms with Crippen LogP contribution in [0.1, 0.15) is 11.1 Å². The molecule has 148 valence electrons. The molecule has 1 heterocycles. The van der Waals surface area contributed by atoms with Gasteiger partial charge in [0.1, 0.15) is 12.4 Å². The van der Waals surface area contributed by atoms with Crippen molar-refractivity contribution in [1.82, 2.24) is 4.90 Å². The van der Waals surface area contributed by atoms with Crippen molar-refractivity contribution in [3.8, 4) is 0 Å². The number of hydrogen-bond donors (Lipinski definition) is 2. The van der Waals surface area contributed by atoms with Crippen LogP contribution in [-0.4, -0.2) is 40.7 Å². The molecule has 0 saturated carbocycles. The molecule has 0 bridgehead atoms. The maximum absolute atomic E-state index is 13.7. The standard InChI is InChI=1S/C19H16F4N2O3/c20-14-4-1-12(2-5-14)3-6-17-24-28-19(11-27,25(17)7-8-26)13-9-15(21)18(23)16(22)10-13/h1-6,9-10,26-27H,7-8,11H2/b6-3+. The number of nitrogens with zero attached hydrogens (tertiary/aromatic N) is 2. The van der Waals surface area contributed by atoms with Gasteiger partial charge in [0.2, 0.25) is 0 Å². The quantitative estimate of drug-likeness (QED) is 0.582. The summed E-state index contributed by atoms with van der Waals surface area (Å²) in [6, 6.07) is 6.95. The first-order valence-electron chi connectivity index (χ1n) is 8.25. The third kappa shape index (κ3) is 3.58. The van der Waals surface area contributed by atoms with Crippen molar-refractivity contribution in [3.63, 3.8) is 0 Å². The molecule has 1 unspecified atom stereocenters. The third-order valence-corrected chi connectivity index (χ3v) is 4.27. The fraction of sp³-hybridized carbons (Fsp3) is 0.211. The lowest BCUT2D eigenvalue weighted by atomic mass is 10.0. The first-order chi connectivity index (χ1) is 13.4. The molecule has 28 heavy (non-hydrogen) atoms. The summed E-state index contributed by atoms with van der Waals surface area (Å²) in [6.07, 6.45) is 3.04. The molecule has 0 fully saturated rings. The van der Waals surface area contributed by atoms with Gasteiger partial charge in [0.25, 0.3) is 5.72 Å². The fourth-order valence-electron chi connectivity index (χ4n) is 2.86. The third-order valence-electron chi connectivity index (χ3n) is 4.27. The summed E-state index contributed by atoms with van der Waals surface area (Å²) in [4.78, 5) is 6.59. The average molecular weight is 396 g/mol. The smallest absolute Gasteiger partial charge is 0.260 e. The number of amidine groups is 1. The summed E-state index contributed by atoms with van der Waals surface area (Å²) < 4.78 is 53.7. The monoisotopic (exact) mass is 396 g/mol. The summed E-state index contributed by atoms with van der Waals surface area (Å²) in [5, 5.41) is 23.1. The largest absolute Gasteiger partial charge is 0.395 e. The lowest BCUT2D eigenvalue weighted by molar-refractivity contribution is -0.138. The topological polar surface area (TPSA) is 65.3 Å². The Kier molecular flexibility index (Phi) is 5.66. The molecule has 2 aromatic rings. The molecular weight excluding hydrogens is 380 g/mol. The number of β-amino-alcohol motifs (C(OH)–C–C–N with tert-alkyl or cyclic N) is 1. The van der Waals surface area contributed by atoms with E-state index < -0.39 is 35.6 Å². The molecule has 2 N–H and O–H groups in total. The van der Waals surface area contributed by atoms with Gasteiger partial charge in [-0.2, -0.15) is 0 Å². The zero-order valence-electron chi connectivity index (χ0n) is 14.4. The Morgan fingerprint density at radius 2 is 1.64 bits per heavy atom. The van der Waals surface area contributed by atoms with E-state index in [0.29, 0.717) is 17.7 Å². The number of halogens is 4. The van der Waals surface area contributed by atoms with E-state index in [0.717, 1.165) is 0 Å². The van der Waals surface area contributed by atoms with E-state index in [2.05, 4.69) is 5.16 Å². The van der Waals surface area contributed by atoms with Crippen LogP contribution in [0.25, 0.3) is 6.08 Å². The van der Waals surface area contributed by atoms with Gasteiger partial charge >= 0.3 is 0 Å². The summed E-state index contributed by atoms with van der Waals surface area (Å²) in [5.41, 5.74) is -1.43. The molecular formula is C19H16F4N2O3. The Balaban J connectivity index is 1.96. The molecule has 3 rings (SSSR count).